The lowest BCUT2D eigenvalue weighted by Gasteiger charge is -2.29. The van der Waals surface area contributed by atoms with Gasteiger partial charge in [-0.05, 0) is 56.4 Å². The zero-order chi connectivity index (χ0) is 15.4. The summed E-state index contributed by atoms with van der Waals surface area (Å²) in [6.45, 7) is 0.469. The minimum atomic E-state index is -0.275. The van der Waals surface area contributed by atoms with Crippen LogP contribution in [-0.2, 0) is 4.79 Å². The van der Waals surface area contributed by atoms with Gasteiger partial charge in [-0.15, -0.1) is 0 Å². The number of piperidine rings is 1. The normalized spacial score (nSPS) is 26.7. The van der Waals surface area contributed by atoms with Gasteiger partial charge < -0.3 is 15.4 Å². The van der Waals surface area contributed by atoms with E-state index >= 15 is 0 Å². The molecule has 2 atom stereocenters. The molecule has 1 amide bonds. The van der Waals surface area contributed by atoms with E-state index in [1.807, 2.05) is 0 Å². The van der Waals surface area contributed by atoms with E-state index in [-0.39, 0.29) is 11.7 Å². The van der Waals surface area contributed by atoms with Crippen LogP contribution in [0.25, 0.3) is 0 Å². The maximum Gasteiger partial charge on any atom is 0.220 e. The van der Waals surface area contributed by atoms with Crippen LogP contribution in [0.2, 0.25) is 0 Å². The van der Waals surface area contributed by atoms with E-state index in [1.54, 1.807) is 12.1 Å². The summed E-state index contributed by atoms with van der Waals surface area (Å²) < 4.78 is 18.2. The van der Waals surface area contributed by atoms with Crippen LogP contribution in [-0.4, -0.2) is 30.6 Å². The van der Waals surface area contributed by atoms with Crippen LogP contribution in [0.4, 0.5) is 4.39 Å². The molecule has 2 N–H and O–H groups in total. The Balaban J connectivity index is 1.32. The highest BCUT2D eigenvalue weighted by molar-refractivity contribution is 5.76. The van der Waals surface area contributed by atoms with Gasteiger partial charge >= 0.3 is 0 Å². The molecule has 2 aliphatic rings. The van der Waals surface area contributed by atoms with E-state index in [1.165, 1.54) is 25.0 Å². The molecule has 0 aromatic heterocycles. The molecule has 3 rings (SSSR count). The van der Waals surface area contributed by atoms with Gasteiger partial charge in [0.25, 0.3) is 0 Å². The molecule has 0 aliphatic carbocycles. The summed E-state index contributed by atoms with van der Waals surface area (Å²) in [5.41, 5.74) is 0. The second-order valence-electron chi connectivity index (χ2n) is 6.28. The third-order valence-electron chi connectivity index (χ3n) is 4.47. The van der Waals surface area contributed by atoms with E-state index in [4.69, 9.17) is 4.74 Å². The van der Waals surface area contributed by atoms with Gasteiger partial charge in [0.15, 0.2) is 0 Å². The molecule has 1 aromatic rings. The average Bonchev–Trinajstić information content (AvgIpc) is 2.84. The van der Waals surface area contributed by atoms with Gasteiger partial charge in [-0.25, -0.2) is 4.39 Å². The summed E-state index contributed by atoms with van der Waals surface area (Å²) in [5.74, 6) is 0.466. The SMILES string of the molecule is O=C(CCCOc1ccc(F)cc1)NC1CC2CCC(C1)N2. The highest BCUT2D eigenvalue weighted by Crippen LogP contribution is 2.26. The number of fused-ring (bicyclic) bond motifs is 2. The van der Waals surface area contributed by atoms with Crippen LogP contribution in [0.5, 0.6) is 5.75 Å². The summed E-state index contributed by atoms with van der Waals surface area (Å²) >= 11 is 0. The molecule has 2 saturated heterocycles. The standard InChI is InChI=1S/C17H23FN2O2/c18-12-3-7-16(8-4-12)22-9-1-2-17(21)20-15-10-13-5-6-14(11-15)19-13/h3-4,7-8,13-15,19H,1-2,5-6,9-11H2,(H,20,21). The number of hydrogen-bond acceptors (Lipinski definition) is 3. The van der Waals surface area contributed by atoms with E-state index in [0.717, 1.165) is 12.8 Å². The van der Waals surface area contributed by atoms with Crippen molar-refractivity contribution in [1.82, 2.24) is 10.6 Å². The van der Waals surface area contributed by atoms with E-state index in [9.17, 15) is 9.18 Å². The maximum absolute atomic E-state index is 12.7. The largest absolute Gasteiger partial charge is 0.494 e. The van der Waals surface area contributed by atoms with Crippen molar-refractivity contribution in [2.24, 2.45) is 0 Å². The third-order valence-corrected chi connectivity index (χ3v) is 4.47. The van der Waals surface area contributed by atoms with E-state index in [0.29, 0.717) is 43.3 Å². The Morgan fingerprint density at radius 2 is 1.91 bits per heavy atom. The number of carbonyl (C=O) groups excluding carboxylic acids is 1. The van der Waals surface area contributed by atoms with Crippen LogP contribution >= 0.6 is 0 Å². The fourth-order valence-corrected chi connectivity index (χ4v) is 3.43. The van der Waals surface area contributed by atoms with Crippen LogP contribution < -0.4 is 15.4 Å². The number of hydrogen-bond donors (Lipinski definition) is 2. The van der Waals surface area contributed by atoms with Gasteiger partial charge in [0.2, 0.25) is 5.91 Å². The molecule has 2 aliphatic heterocycles. The first-order valence-electron chi connectivity index (χ1n) is 8.13. The molecule has 2 fully saturated rings. The van der Waals surface area contributed by atoms with Crippen LogP contribution in [0.15, 0.2) is 24.3 Å². The zero-order valence-corrected chi connectivity index (χ0v) is 12.7. The molecule has 0 spiro atoms. The van der Waals surface area contributed by atoms with Crippen molar-refractivity contribution in [3.05, 3.63) is 30.1 Å². The number of nitrogens with one attached hydrogen (secondary N) is 2. The zero-order valence-electron chi connectivity index (χ0n) is 12.7. The molecule has 2 unspecified atom stereocenters. The van der Waals surface area contributed by atoms with Crippen LogP contribution in [0.1, 0.15) is 38.5 Å². The maximum atomic E-state index is 12.7. The first-order valence-corrected chi connectivity index (χ1v) is 8.13. The number of rotatable bonds is 6. The van der Waals surface area contributed by atoms with Crippen molar-refractivity contribution in [1.29, 1.82) is 0 Å². The summed E-state index contributed by atoms with van der Waals surface area (Å²) in [5, 5.41) is 6.71. The minimum Gasteiger partial charge on any atom is -0.494 e. The van der Waals surface area contributed by atoms with Gasteiger partial charge in [0, 0.05) is 24.5 Å². The molecule has 0 saturated carbocycles. The number of halogens is 1. The number of ether oxygens (including phenoxy) is 1. The first kappa shape index (κ1) is 15.3. The lowest BCUT2D eigenvalue weighted by atomic mass is 9.99. The Kier molecular flexibility index (Phi) is 4.93. The van der Waals surface area contributed by atoms with Gasteiger partial charge in [-0.1, -0.05) is 0 Å². The Bertz CT molecular complexity index is 494. The highest BCUT2D eigenvalue weighted by atomic mass is 19.1. The molecule has 5 heteroatoms. The van der Waals surface area contributed by atoms with Crippen LogP contribution in [0.3, 0.4) is 0 Å². The predicted octanol–water partition coefficient (Wildman–Crippen LogP) is 2.38. The highest BCUT2D eigenvalue weighted by Gasteiger charge is 2.33. The molecule has 4 nitrogen and oxygen atoms in total. The fraction of sp³-hybridized carbons (Fsp3) is 0.588. The van der Waals surface area contributed by atoms with Crippen molar-refractivity contribution >= 4 is 5.91 Å². The van der Waals surface area contributed by atoms with Crippen molar-refractivity contribution in [2.45, 2.75) is 56.7 Å². The Morgan fingerprint density at radius 3 is 2.59 bits per heavy atom. The smallest absolute Gasteiger partial charge is 0.220 e. The average molecular weight is 306 g/mol. The molecule has 1 aromatic carbocycles. The molecule has 2 bridgehead atoms. The Hall–Kier alpha value is -1.62. The molecular weight excluding hydrogens is 283 g/mol. The summed E-state index contributed by atoms with van der Waals surface area (Å²) in [6, 6.07) is 7.43. The molecule has 120 valence electrons. The predicted molar refractivity (Wildman–Crippen MR) is 82.2 cm³/mol. The minimum absolute atomic E-state index is 0.106. The second-order valence-corrected chi connectivity index (χ2v) is 6.28. The molecular formula is C17H23FN2O2. The molecule has 0 radical (unpaired) electrons. The summed E-state index contributed by atoms with van der Waals surface area (Å²) in [7, 11) is 0. The number of amides is 1. The molecule has 2 heterocycles. The quantitative estimate of drug-likeness (QED) is 0.794. The van der Waals surface area contributed by atoms with Crippen molar-refractivity contribution in [3.8, 4) is 5.75 Å². The topological polar surface area (TPSA) is 50.4 Å². The van der Waals surface area contributed by atoms with Gasteiger partial charge in [0.05, 0.1) is 6.61 Å². The Morgan fingerprint density at radius 1 is 1.23 bits per heavy atom. The van der Waals surface area contributed by atoms with Crippen LogP contribution in [0, 0.1) is 5.82 Å². The molecule has 22 heavy (non-hydrogen) atoms. The monoisotopic (exact) mass is 306 g/mol. The summed E-state index contributed by atoms with van der Waals surface area (Å²) in [6.07, 6.45) is 5.72. The van der Waals surface area contributed by atoms with Crippen molar-refractivity contribution in [2.75, 3.05) is 6.61 Å². The van der Waals surface area contributed by atoms with E-state index in [2.05, 4.69) is 10.6 Å². The van der Waals surface area contributed by atoms with Gasteiger partial charge in [-0.2, -0.15) is 0 Å². The first-order chi connectivity index (χ1) is 10.7. The van der Waals surface area contributed by atoms with Gasteiger partial charge in [-0.3, -0.25) is 4.79 Å². The fourth-order valence-electron chi connectivity index (χ4n) is 3.43. The lowest BCUT2D eigenvalue weighted by Crippen LogP contribution is -2.48. The van der Waals surface area contributed by atoms with Gasteiger partial charge in [0.1, 0.15) is 11.6 Å². The van der Waals surface area contributed by atoms with Crippen molar-refractivity contribution in [3.63, 3.8) is 0 Å². The number of carbonyl (C=O) groups is 1. The third kappa shape index (κ3) is 4.19. The summed E-state index contributed by atoms with van der Waals surface area (Å²) in [4.78, 5) is 12.0. The van der Waals surface area contributed by atoms with Crippen molar-refractivity contribution < 1.29 is 13.9 Å². The Labute approximate surface area is 130 Å². The second kappa shape index (κ2) is 7.09. The lowest BCUT2D eigenvalue weighted by molar-refractivity contribution is -0.122. The number of benzene rings is 1. The van der Waals surface area contributed by atoms with E-state index < -0.39 is 0 Å².